The molecule has 4 nitrogen and oxygen atoms in total. The van der Waals surface area contributed by atoms with E-state index in [4.69, 9.17) is 4.74 Å². The first-order chi connectivity index (χ1) is 9.48. The molecule has 1 N–H and O–H groups in total. The van der Waals surface area contributed by atoms with Crippen LogP contribution < -0.4 is 10.1 Å². The molecule has 0 aromatic heterocycles. The molecule has 0 heterocycles. The van der Waals surface area contributed by atoms with Crippen LogP contribution in [0.3, 0.4) is 0 Å². The summed E-state index contributed by atoms with van der Waals surface area (Å²) in [6.45, 7) is 5.10. The lowest BCUT2D eigenvalue weighted by molar-refractivity contribution is 0.322. The van der Waals surface area contributed by atoms with Crippen LogP contribution in [0.2, 0.25) is 0 Å². The lowest BCUT2D eigenvalue weighted by Gasteiger charge is -2.09. The molecule has 0 aliphatic carbocycles. The Labute approximate surface area is 120 Å². The van der Waals surface area contributed by atoms with Crippen LogP contribution in [-0.4, -0.2) is 33.1 Å². The zero-order valence-electron chi connectivity index (χ0n) is 12.0. The van der Waals surface area contributed by atoms with Gasteiger partial charge in [0.05, 0.1) is 5.75 Å². The van der Waals surface area contributed by atoms with Crippen LogP contribution >= 0.6 is 0 Å². The fraction of sp³-hybridized carbons (Fsp3) is 0.571. The van der Waals surface area contributed by atoms with Gasteiger partial charge in [0, 0.05) is 12.3 Å². The minimum atomic E-state index is -3.08. The monoisotopic (exact) mass is 303 g/mol. The van der Waals surface area contributed by atoms with Crippen molar-refractivity contribution in [1.29, 1.82) is 0 Å². The van der Waals surface area contributed by atoms with Crippen molar-refractivity contribution in [2.24, 2.45) is 0 Å². The van der Waals surface area contributed by atoms with Crippen molar-refractivity contribution < 1.29 is 17.5 Å². The maximum Gasteiger partial charge on any atom is 0.165 e. The van der Waals surface area contributed by atoms with Gasteiger partial charge < -0.3 is 10.1 Å². The van der Waals surface area contributed by atoms with Crippen molar-refractivity contribution in [2.75, 3.05) is 24.7 Å². The number of hydrogen-bond acceptors (Lipinski definition) is 4. The molecule has 0 aliphatic rings. The standard InChI is InChI=1S/C14H22FNO3S/c1-3-7-16-11-12-5-6-14(13(15)10-12)19-8-9-20(17,18)4-2/h5-6,10,16H,3-4,7-9,11H2,1-2H3. The van der Waals surface area contributed by atoms with E-state index in [2.05, 4.69) is 12.2 Å². The van der Waals surface area contributed by atoms with Crippen molar-refractivity contribution in [3.05, 3.63) is 29.6 Å². The number of sulfone groups is 1. The molecule has 20 heavy (non-hydrogen) atoms. The van der Waals surface area contributed by atoms with Crippen LogP contribution in [0.5, 0.6) is 5.75 Å². The molecule has 0 saturated heterocycles. The molecule has 1 rings (SSSR count). The molecule has 1 aromatic carbocycles. The molecule has 0 aliphatic heterocycles. The third-order valence-electron chi connectivity index (χ3n) is 2.84. The van der Waals surface area contributed by atoms with Crippen LogP contribution in [0.25, 0.3) is 0 Å². The first kappa shape index (κ1) is 16.9. The smallest absolute Gasteiger partial charge is 0.165 e. The second-order valence-corrected chi connectivity index (χ2v) is 7.00. The van der Waals surface area contributed by atoms with Gasteiger partial charge >= 0.3 is 0 Å². The van der Waals surface area contributed by atoms with Gasteiger partial charge in [0.25, 0.3) is 0 Å². The fourth-order valence-corrected chi connectivity index (χ4v) is 2.23. The number of benzene rings is 1. The maximum atomic E-state index is 13.8. The summed E-state index contributed by atoms with van der Waals surface area (Å²) in [5.74, 6) is -0.394. The van der Waals surface area contributed by atoms with Gasteiger partial charge in [-0.3, -0.25) is 0 Å². The lowest BCUT2D eigenvalue weighted by Crippen LogP contribution is -2.16. The number of nitrogens with one attached hydrogen (secondary N) is 1. The second-order valence-electron chi connectivity index (χ2n) is 4.53. The average Bonchev–Trinajstić information content (AvgIpc) is 2.41. The molecule has 0 amide bonds. The number of hydrogen-bond donors (Lipinski definition) is 1. The Morgan fingerprint density at radius 3 is 2.65 bits per heavy atom. The zero-order chi connectivity index (χ0) is 15.0. The van der Waals surface area contributed by atoms with E-state index in [1.165, 1.54) is 12.1 Å². The summed E-state index contributed by atoms with van der Waals surface area (Å²) >= 11 is 0. The van der Waals surface area contributed by atoms with Gasteiger partial charge in [-0.25, -0.2) is 12.8 Å². The van der Waals surface area contributed by atoms with Crippen molar-refractivity contribution in [3.63, 3.8) is 0 Å². The molecular formula is C14H22FNO3S. The summed E-state index contributed by atoms with van der Waals surface area (Å²) in [6.07, 6.45) is 1.02. The number of halogens is 1. The molecule has 0 radical (unpaired) electrons. The van der Waals surface area contributed by atoms with E-state index in [9.17, 15) is 12.8 Å². The van der Waals surface area contributed by atoms with E-state index in [1.807, 2.05) is 0 Å². The molecule has 0 atom stereocenters. The van der Waals surface area contributed by atoms with E-state index in [0.29, 0.717) is 6.54 Å². The SMILES string of the molecule is CCCNCc1ccc(OCCS(=O)(=O)CC)c(F)c1. The highest BCUT2D eigenvalue weighted by atomic mass is 32.2. The Morgan fingerprint density at radius 1 is 1.30 bits per heavy atom. The summed E-state index contributed by atoms with van der Waals surface area (Å²) < 4.78 is 41.5. The maximum absolute atomic E-state index is 13.8. The van der Waals surface area contributed by atoms with Gasteiger partial charge in [0.1, 0.15) is 6.61 Å². The van der Waals surface area contributed by atoms with Gasteiger partial charge in [0.2, 0.25) is 0 Å². The summed E-state index contributed by atoms with van der Waals surface area (Å²) in [6, 6.07) is 4.72. The van der Waals surface area contributed by atoms with Crippen molar-refractivity contribution in [3.8, 4) is 5.75 Å². The minimum absolute atomic E-state index is 0.0273. The van der Waals surface area contributed by atoms with Crippen molar-refractivity contribution in [1.82, 2.24) is 5.32 Å². The van der Waals surface area contributed by atoms with Crippen molar-refractivity contribution >= 4 is 9.84 Å². The van der Waals surface area contributed by atoms with Crippen molar-refractivity contribution in [2.45, 2.75) is 26.8 Å². The summed E-state index contributed by atoms with van der Waals surface area (Å²) in [7, 11) is -3.08. The Bertz CT molecular complexity index is 517. The first-order valence-electron chi connectivity index (χ1n) is 6.81. The average molecular weight is 303 g/mol. The minimum Gasteiger partial charge on any atom is -0.489 e. The van der Waals surface area contributed by atoms with E-state index in [0.717, 1.165) is 18.5 Å². The Morgan fingerprint density at radius 2 is 2.05 bits per heavy atom. The third-order valence-corrected chi connectivity index (χ3v) is 4.51. The predicted molar refractivity (Wildman–Crippen MR) is 78.2 cm³/mol. The fourth-order valence-electron chi connectivity index (χ4n) is 1.60. The Hall–Kier alpha value is -1.14. The molecule has 0 bridgehead atoms. The van der Waals surface area contributed by atoms with E-state index < -0.39 is 15.7 Å². The molecule has 1 aromatic rings. The van der Waals surface area contributed by atoms with Gasteiger partial charge in [0.15, 0.2) is 21.4 Å². The molecule has 6 heteroatoms. The number of ether oxygens (including phenoxy) is 1. The van der Waals surface area contributed by atoms with E-state index in [-0.39, 0.29) is 23.9 Å². The lowest BCUT2D eigenvalue weighted by atomic mass is 10.2. The van der Waals surface area contributed by atoms with Gasteiger partial charge in [-0.1, -0.05) is 19.9 Å². The highest BCUT2D eigenvalue weighted by molar-refractivity contribution is 7.91. The zero-order valence-corrected chi connectivity index (χ0v) is 12.8. The van der Waals surface area contributed by atoms with Gasteiger partial charge in [-0.15, -0.1) is 0 Å². The largest absolute Gasteiger partial charge is 0.489 e. The normalized spacial score (nSPS) is 11.6. The summed E-state index contributed by atoms with van der Waals surface area (Å²) in [5.41, 5.74) is 0.837. The van der Waals surface area contributed by atoms with Gasteiger partial charge in [-0.2, -0.15) is 0 Å². The van der Waals surface area contributed by atoms with E-state index in [1.54, 1.807) is 13.0 Å². The van der Waals surface area contributed by atoms with Crippen LogP contribution in [0, 0.1) is 5.82 Å². The number of rotatable bonds is 9. The Kier molecular flexibility index (Phi) is 6.95. The van der Waals surface area contributed by atoms with E-state index >= 15 is 0 Å². The third kappa shape index (κ3) is 5.88. The molecule has 0 spiro atoms. The summed E-state index contributed by atoms with van der Waals surface area (Å²) in [4.78, 5) is 0. The topological polar surface area (TPSA) is 55.4 Å². The highest BCUT2D eigenvalue weighted by Crippen LogP contribution is 2.18. The molecule has 0 saturated carbocycles. The second kappa shape index (κ2) is 8.21. The molecule has 0 fully saturated rings. The van der Waals surface area contributed by atoms with Crippen LogP contribution in [0.4, 0.5) is 4.39 Å². The molecule has 114 valence electrons. The van der Waals surface area contributed by atoms with Crippen LogP contribution in [-0.2, 0) is 16.4 Å². The molecular weight excluding hydrogens is 281 g/mol. The first-order valence-corrected chi connectivity index (χ1v) is 8.63. The van der Waals surface area contributed by atoms with Crippen LogP contribution in [0.15, 0.2) is 18.2 Å². The van der Waals surface area contributed by atoms with Crippen LogP contribution in [0.1, 0.15) is 25.8 Å². The highest BCUT2D eigenvalue weighted by Gasteiger charge is 2.09. The quantitative estimate of drug-likeness (QED) is 0.710. The summed E-state index contributed by atoms with van der Waals surface area (Å²) in [5, 5.41) is 3.18. The van der Waals surface area contributed by atoms with Gasteiger partial charge in [-0.05, 0) is 30.7 Å². The predicted octanol–water partition coefficient (Wildman–Crippen LogP) is 2.14. The molecule has 0 unspecified atom stereocenters. The Balaban J connectivity index is 2.51.